The van der Waals surface area contributed by atoms with Crippen molar-refractivity contribution in [2.24, 2.45) is 0 Å². The van der Waals surface area contributed by atoms with Crippen molar-refractivity contribution in [3.05, 3.63) is 36.0 Å². The Morgan fingerprint density at radius 3 is 2.94 bits per heavy atom. The third-order valence-corrected chi connectivity index (χ3v) is 5.35. The Labute approximate surface area is 180 Å². The summed E-state index contributed by atoms with van der Waals surface area (Å²) in [5, 5.41) is 3.99. The van der Waals surface area contributed by atoms with Crippen LogP contribution in [0.2, 0.25) is 0 Å². The summed E-state index contributed by atoms with van der Waals surface area (Å²) in [4.78, 5) is 27.0. The lowest BCUT2D eigenvalue weighted by Gasteiger charge is -2.24. The van der Waals surface area contributed by atoms with Crippen LogP contribution in [-0.4, -0.2) is 65.8 Å². The number of fused-ring (bicyclic) bond motifs is 1. The molecule has 2 aromatic heterocycles. The first-order valence-electron chi connectivity index (χ1n) is 10.4. The molecule has 0 aliphatic carbocycles. The van der Waals surface area contributed by atoms with Crippen LogP contribution in [-0.2, 0) is 4.74 Å². The second-order valence-electron chi connectivity index (χ2n) is 7.32. The molecule has 0 bridgehead atoms. The highest BCUT2D eigenvalue weighted by atomic mass is 16.5. The zero-order valence-corrected chi connectivity index (χ0v) is 18.0. The van der Waals surface area contributed by atoms with Crippen LogP contribution in [0.3, 0.4) is 0 Å². The van der Waals surface area contributed by atoms with Crippen LogP contribution in [0.4, 0.5) is 11.6 Å². The van der Waals surface area contributed by atoms with Gasteiger partial charge in [0.05, 0.1) is 37.4 Å². The minimum atomic E-state index is -0.0212. The molecule has 1 atom stereocenters. The average molecular weight is 425 g/mol. The Balaban J connectivity index is 1.59. The number of rotatable bonds is 8. The standard InChI is InChI=1S/C22H27N5O4/c1-4-31-20-16-9-10-23-19(16)25-22(26-20)24-17-8-7-14(12-18(17)30-3)21(28)27-11-5-6-15(27)13-29-2/h7-10,12,15H,4-6,11,13H2,1-3H3,(H2,23,24,25,26)/t15-/m1/s1. The summed E-state index contributed by atoms with van der Waals surface area (Å²) >= 11 is 0. The number of methoxy groups -OCH3 is 2. The van der Waals surface area contributed by atoms with E-state index in [-0.39, 0.29) is 11.9 Å². The first kappa shape index (κ1) is 20.9. The number of anilines is 2. The number of benzene rings is 1. The lowest BCUT2D eigenvalue weighted by molar-refractivity contribution is 0.0630. The van der Waals surface area contributed by atoms with E-state index < -0.39 is 0 Å². The summed E-state index contributed by atoms with van der Waals surface area (Å²) in [5.41, 5.74) is 1.90. The molecule has 164 valence electrons. The minimum Gasteiger partial charge on any atom is -0.495 e. The number of aromatic amines is 1. The van der Waals surface area contributed by atoms with Gasteiger partial charge >= 0.3 is 0 Å². The van der Waals surface area contributed by atoms with Crippen molar-refractivity contribution in [2.75, 3.05) is 39.3 Å². The number of H-pyrrole nitrogens is 1. The zero-order valence-electron chi connectivity index (χ0n) is 18.0. The van der Waals surface area contributed by atoms with Crippen molar-refractivity contribution < 1.29 is 19.0 Å². The molecule has 1 aliphatic heterocycles. The van der Waals surface area contributed by atoms with Crippen LogP contribution in [0.15, 0.2) is 30.5 Å². The van der Waals surface area contributed by atoms with E-state index >= 15 is 0 Å². The summed E-state index contributed by atoms with van der Waals surface area (Å²) < 4.78 is 16.5. The first-order chi connectivity index (χ1) is 15.1. The van der Waals surface area contributed by atoms with Crippen molar-refractivity contribution in [1.29, 1.82) is 0 Å². The smallest absolute Gasteiger partial charge is 0.254 e. The van der Waals surface area contributed by atoms with E-state index in [4.69, 9.17) is 14.2 Å². The molecule has 0 saturated carbocycles. The molecular weight excluding hydrogens is 398 g/mol. The molecular formula is C22H27N5O4. The Hall–Kier alpha value is -3.33. The van der Waals surface area contributed by atoms with E-state index in [1.165, 1.54) is 0 Å². The molecule has 1 aliphatic rings. The molecule has 3 aromatic rings. The number of ether oxygens (including phenoxy) is 3. The highest BCUT2D eigenvalue weighted by Gasteiger charge is 2.29. The number of carbonyl (C=O) groups is 1. The van der Waals surface area contributed by atoms with Crippen molar-refractivity contribution in [3.63, 3.8) is 0 Å². The molecule has 1 fully saturated rings. The Kier molecular flexibility index (Phi) is 6.22. The highest BCUT2D eigenvalue weighted by Crippen LogP contribution is 2.31. The topological polar surface area (TPSA) is 102 Å². The van der Waals surface area contributed by atoms with Crippen LogP contribution in [0.1, 0.15) is 30.1 Å². The third kappa shape index (κ3) is 4.27. The van der Waals surface area contributed by atoms with Gasteiger partial charge in [0.25, 0.3) is 5.91 Å². The van der Waals surface area contributed by atoms with Crippen LogP contribution in [0.5, 0.6) is 11.6 Å². The van der Waals surface area contributed by atoms with Gasteiger partial charge in [-0.05, 0) is 44.0 Å². The number of carbonyl (C=O) groups excluding carboxylic acids is 1. The van der Waals surface area contributed by atoms with Crippen LogP contribution in [0, 0.1) is 0 Å². The van der Waals surface area contributed by atoms with Gasteiger partial charge in [0.15, 0.2) is 0 Å². The quantitative estimate of drug-likeness (QED) is 0.571. The fourth-order valence-corrected chi connectivity index (χ4v) is 3.90. The normalized spacial score (nSPS) is 16.0. The van der Waals surface area contributed by atoms with Gasteiger partial charge in [-0.3, -0.25) is 4.79 Å². The van der Waals surface area contributed by atoms with E-state index in [1.807, 2.05) is 17.9 Å². The molecule has 31 heavy (non-hydrogen) atoms. The van der Waals surface area contributed by atoms with Gasteiger partial charge in [0, 0.05) is 25.4 Å². The second-order valence-corrected chi connectivity index (χ2v) is 7.32. The van der Waals surface area contributed by atoms with Gasteiger partial charge in [-0.25, -0.2) is 0 Å². The third-order valence-electron chi connectivity index (χ3n) is 5.35. The number of aromatic nitrogens is 3. The summed E-state index contributed by atoms with van der Waals surface area (Å²) in [6.07, 6.45) is 3.73. The van der Waals surface area contributed by atoms with Gasteiger partial charge in [0.1, 0.15) is 11.4 Å². The molecule has 4 rings (SSSR count). The van der Waals surface area contributed by atoms with E-state index in [1.54, 1.807) is 38.6 Å². The maximum Gasteiger partial charge on any atom is 0.254 e. The maximum absolute atomic E-state index is 13.1. The Morgan fingerprint density at radius 1 is 1.29 bits per heavy atom. The Morgan fingerprint density at radius 2 is 2.16 bits per heavy atom. The molecule has 1 saturated heterocycles. The van der Waals surface area contributed by atoms with E-state index in [0.29, 0.717) is 47.7 Å². The van der Waals surface area contributed by atoms with Crippen molar-refractivity contribution in [3.8, 4) is 11.6 Å². The van der Waals surface area contributed by atoms with Crippen molar-refractivity contribution in [2.45, 2.75) is 25.8 Å². The fraction of sp³-hybridized carbons (Fsp3) is 0.409. The molecule has 0 radical (unpaired) electrons. The first-order valence-corrected chi connectivity index (χ1v) is 10.4. The predicted octanol–water partition coefficient (Wildman–Crippen LogP) is 3.36. The predicted molar refractivity (Wildman–Crippen MR) is 117 cm³/mol. The number of likely N-dealkylation sites (tertiary alicyclic amines) is 1. The fourth-order valence-electron chi connectivity index (χ4n) is 3.90. The van der Waals surface area contributed by atoms with E-state index in [9.17, 15) is 4.79 Å². The molecule has 3 heterocycles. The molecule has 1 amide bonds. The van der Waals surface area contributed by atoms with E-state index in [0.717, 1.165) is 24.8 Å². The monoisotopic (exact) mass is 425 g/mol. The van der Waals surface area contributed by atoms with Crippen molar-refractivity contribution >= 4 is 28.6 Å². The van der Waals surface area contributed by atoms with Gasteiger partial charge in [0.2, 0.25) is 11.8 Å². The molecule has 1 aromatic carbocycles. The second kappa shape index (κ2) is 9.22. The van der Waals surface area contributed by atoms with Gasteiger partial charge in [-0.15, -0.1) is 0 Å². The number of nitrogens with zero attached hydrogens (tertiary/aromatic N) is 3. The highest BCUT2D eigenvalue weighted by molar-refractivity contribution is 5.96. The maximum atomic E-state index is 13.1. The molecule has 2 N–H and O–H groups in total. The summed E-state index contributed by atoms with van der Waals surface area (Å²) in [5.74, 6) is 1.38. The number of nitrogens with one attached hydrogen (secondary N) is 2. The van der Waals surface area contributed by atoms with Gasteiger partial charge < -0.3 is 29.4 Å². The molecule has 0 spiro atoms. The van der Waals surface area contributed by atoms with Crippen molar-refractivity contribution in [1.82, 2.24) is 19.9 Å². The van der Waals surface area contributed by atoms with Crippen LogP contribution < -0.4 is 14.8 Å². The van der Waals surface area contributed by atoms with Crippen LogP contribution >= 0.6 is 0 Å². The van der Waals surface area contributed by atoms with Crippen LogP contribution in [0.25, 0.3) is 11.0 Å². The largest absolute Gasteiger partial charge is 0.495 e. The lowest BCUT2D eigenvalue weighted by atomic mass is 10.1. The Bertz CT molecular complexity index is 1070. The summed E-state index contributed by atoms with van der Waals surface area (Å²) in [7, 11) is 3.23. The number of hydrogen-bond acceptors (Lipinski definition) is 7. The van der Waals surface area contributed by atoms with Gasteiger partial charge in [-0.2, -0.15) is 9.97 Å². The number of amides is 1. The zero-order chi connectivity index (χ0) is 21.8. The SMILES string of the molecule is CCOc1nc(Nc2ccc(C(=O)N3CCC[C@@H]3COC)cc2OC)nc2[nH]ccc12. The molecule has 0 unspecified atom stereocenters. The van der Waals surface area contributed by atoms with E-state index in [2.05, 4.69) is 20.3 Å². The molecule has 9 heteroatoms. The minimum absolute atomic E-state index is 0.0212. The van der Waals surface area contributed by atoms with Gasteiger partial charge in [-0.1, -0.05) is 0 Å². The summed E-state index contributed by atoms with van der Waals surface area (Å²) in [6, 6.07) is 7.31. The number of hydrogen-bond donors (Lipinski definition) is 2. The lowest BCUT2D eigenvalue weighted by Crippen LogP contribution is -2.38. The average Bonchev–Trinajstić information content (AvgIpc) is 3.43. The molecule has 9 nitrogen and oxygen atoms in total. The summed E-state index contributed by atoms with van der Waals surface area (Å²) in [6.45, 7) is 3.68.